The second-order valence-corrected chi connectivity index (χ2v) is 6.34. The summed E-state index contributed by atoms with van der Waals surface area (Å²) in [6.45, 7) is 8.38. The zero-order chi connectivity index (χ0) is 13.1. The summed E-state index contributed by atoms with van der Waals surface area (Å²) in [6, 6.07) is 1.78. The summed E-state index contributed by atoms with van der Waals surface area (Å²) in [5, 5.41) is 9.86. The molecule has 0 aliphatic carbocycles. The summed E-state index contributed by atoms with van der Waals surface area (Å²) in [7, 11) is 0. The fraction of sp³-hybridized carbons (Fsp3) is 0.667. The molecule has 3 N–H and O–H groups in total. The Morgan fingerprint density at radius 2 is 2.06 bits per heavy atom. The molecule has 0 saturated carbocycles. The van der Waals surface area contributed by atoms with E-state index in [0.717, 1.165) is 16.6 Å². The van der Waals surface area contributed by atoms with E-state index in [1.807, 2.05) is 6.92 Å². The Bertz CT molecular complexity index is 377. The molecular weight excluding hydrogens is 234 g/mol. The van der Waals surface area contributed by atoms with Crippen LogP contribution in [0.2, 0.25) is 0 Å². The predicted octanol–water partition coefficient (Wildman–Crippen LogP) is 2.08. The second kappa shape index (κ2) is 5.69. The molecular formula is C12H21N3OS. The number of nitrogens with zero attached hydrogens (tertiary/aromatic N) is 2. The summed E-state index contributed by atoms with van der Waals surface area (Å²) in [4.78, 5) is 8.76. The van der Waals surface area contributed by atoms with Crippen molar-refractivity contribution in [3.63, 3.8) is 0 Å². The van der Waals surface area contributed by atoms with Gasteiger partial charge in [0.1, 0.15) is 16.7 Å². The van der Waals surface area contributed by atoms with Crippen LogP contribution in [0.3, 0.4) is 0 Å². The van der Waals surface area contributed by atoms with Gasteiger partial charge in [-0.2, -0.15) is 0 Å². The van der Waals surface area contributed by atoms with E-state index < -0.39 is 0 Å². The lowest BCUT2D eigenvalue weighted by molar-refractivity contribution is 0.250. The van der Waals surface area contributed by atoms with Crippen molar-refractivity contribution in [1.82, 2.24) is 9.97 Å². The number of anilines is 1. The number of rotatable bonds is 4. The first-order chi connectivity index (χ1) is 7.82. The zero-order valence-electron chi connectivity index (χ0n) is 10.9. The van der Waals surface area contributed by atoms with E-state index in [4.69, 9.17) is 10.8 Å². The van der Waals surface area contributed by atoms with Gasteiger partial charge in [-0.25, -0.2) is 9.97 Å². The van der Waals surface area contributed by atoms with Gasteiger partial charge in [-0.1, -0.05) is 27.7 Å². The Morgan fingerprint density at radius 3 is 2.59 bits per heavy atom. The second-order valence-electron chi connectivity index (χ2n) is 5.30. The molecule has 0 radical (unpaired) electrons. The van der Waals surface area contributed by atoms with E-state index in [1.54, 1.807) is 17.8 Å². The van der Waals surface area contributed by atoms with Crippen molar-refractivity contribution in [3.8, 4) is 0 Å². The van der Waals surface area contributed by atoms with Crippen molar-refractivity contribution < 1.29 is 5.11 Å². The molecule has 17 heavy (non-hydrogen) atoms. The third kappa shape index (κ3) is 4.52. The van der Waals surface area contributed by atoms with Gasteiger partial charge in [-0.3, -0.25) is 0 Å². The van der Waals surface area contributed by atoms with Crippen LogP contribution in [0.5, 0.6) is 0 Å². The number of hydrogen-bond donors (Lipinski definition) is 2. The number of nitrogen functional groups attached to an aromatic ring is 1. The van der Waals surface area contributed by atoms with Crippen LogP contribution in [-0.2, 0) is 5.41 Å². The molecule has 1 rings (SSSR count). The highest BCUT2D eigenvalue weighted by Gasteiger charge is 2.18. The van der Waals surface area contributed by atoms with Crippen molar-refractivity contribution in [2.45, 2.75) is 38.1 Å². The van der Waals surface area contributed by atoms with Crippen LogP contribution in [0.1, 0.15) is 33.5 Å². The Balaban J connectivity index is 2.83. The van der Waals surface area contributed by atoms with Gasteiger partial charge in [0, 0.05) is 23.8 Å². The van der Waals surface area contributed by atoms with Crippen LogP contribution in [-0.4, -0.2) is 27.4 Å². The first kappa shape index (κ1) is 14.3. The van der Waals surface area contributed by atoms with Crippen LogP contribution >= 0.6 is 11.8 Å². The number of aromatic nitrogens is 2. The van der Waals surface area contributed by atoms with E-state index in [2.05, 4.69) is 30.7 Å². The molecule has 0 aromatic carbocycles. The first-order valence-electron chi connectivity index (χ1n) is 5.71. The monoisotopic (exact) mass is 255 g/mol. The van der Waals surface area contributed by atoms with Gasteiger partial charge in [0.05, 0.1) is 0 Å². The van der Waals surface area contributed by atoms with E-state index in [1.165, 1.54) is 0 Å². The standard InChI is InChI=1S/C12H21N3OS/c1-8(6-16)7-17-10-5-9(13)14-11(15-10)12(2,3)4/h5,8,16H,6-7H2,1-4H3,(H2,13,14,15). The van der Waals surface area contributed by atoms with Crippen molar-refractivity contribution in [3.05, 3.63) is 11.9 Å². The number of aliphatic hydroxyl groups excluding tert-OH is 1. The van der Waals surface area contributed by atoms with E-state index in [9.17, 15) is 0 Å². The molecule has 0 saturated heterocycles. The Hall–Kier alpha value is -0.810. The van der Waals surface area contributed by atoms with Crippen molar-refractivity contribution in [1.29, 1.82) is 0 Å². The molecule has 0 amide bonds. The third-order valence-corrected chi connectivity index (χ3v) is 3.46. The quantitative estimate of drug-likeness (QED) is 0.636. The molecule has 1 heterocycles. The molecule has 0 aliphatic rings. The average Bonchev–Trinajstić information content (AvgIpc) is 2.24. The highest BCUT2D eigenvalue weighted by Crippen LogP contribution is 2.25. The average molecular weight is 255 g/mol. The fourth-order valence-electron chi connectivity index (χ4n) is 1.13. The molecule has 0 bridgehead atoms. The van der Waals surface area contributed by atoms with Crippen molar-refractivity contribution in [2.75, 3.05) is 18.1 Å². The van der Waals surface area contributed by atoms with Gasteiger partial charge in [-0.15, -0.1) is 11.8 Å². The Kier molecular flexibility index (Phi) is 4.77. The maximum Gasteiger partial charge on any atom is 0.137 e. The van der Waals surface area contributed by atoms with Crippen LogP contribution < -0.4 is 5.73 Å². The zero-order valence-corrected chi connectivity index (χ0v) is 11.7. The van der Waals surface area contributed by atoms with Gasteiger partial charge in [0.15, 0.2) is 0 Å². The lowest BCUT2D eigenvalue weighted by atomic mass is 9.96. The van der Waals surface area contributed by atoms with Gasteiger partial charge < -0.3 is 10.8 Å². The Morgan fingerprint density at radius 1 is 1.41 bits per heavy atom. The van der Waals surface area contributed by atoms with Crippen molar-refractivity contribution in [2.24, 2.45) is 5.92 Å². The lowest BCUT2D eigenvalue weighted by Gasteiger charge is -2.17. The summed E-state index contributed by atoms with van der Waals surface area (Å²) in [5.74, 6) is 2.35. The maximum atomic E-state index is 8.98. The van der Waals surface area contributed by atoms with Gasteiger partial charge in [0.2, 0.25) is 0 Å². The SMILES string of the molecule is CC(CO)CSc1cc(N)nc(C(C)(C)C)n1. The molecule has 1 aromatic rings. The predicted molar refractivity (Wildman–Crippen MR) is 72.1 cm³/mol. The van der Waals surface area contributed by atoms with Gasteiger partial charge in [0.25, 0.3) is 0 Å². The number of hydrogen-bond acceptors (Lipinski definition) is 5. The molecule has 5 heteroatoms. The lowest BCUT2D eigenvalue weighted by Crippen LogP contribution is -2.17. The number of nitrogens with two attached hydrogens (primary N) is 1. The first-order valence-corrected chi connectivity index (χ1v) is 6.70. The normalized spacial score (nSPS) is 13.7. The van der Waals surface area contributed by atoms with Crippen LogP contribution in [0.15, 0.2) is 11.1 Å². The molecule has 4 nitrogen and oxygen atoms in total. The topological polar surface area (TPSA) is 72.0 Å². The van der Waals surface area contributed by atoms with E-state index >= 15 is 0 Å². The van der Waals surface area contributed by atoms with E-state index in [-0.39, 0.29) is 17.9 Å². The van der Waals surface area contributed by atoms with Crippen molar-refractivity contribution >= 4 is 17.6 Å². The third-order valence-electron chi connectivity index (χ3n) is 2.22. The molecule has 0 fully saturated rings. The summed E-state index contributed by atoms with van der Waals surface area (Å²) in [6.07, 6.45) is 0. The summed E-state index contributed by atoms with van der Waals surface area (Å²) < 4.78 is 0. The smallest absolute Gasteiger partial charge is 0.137 e. The van der Waals surface area contributed by atoms with Crippen LogP contribution in [0.4, 0.5) is 5.82 Å². The molecule has 0 spiro atoms. The largest absolute Gasteiger partial charge is 0.396 e. The maximum absolute atomic E-state index is 8.98. The molecule has 0 aliphatic heterocycles. The number of thioether (sulfide) groups is 1. The minimum absolute atomic E-state index is 0.104. The van der Waals surface area contributed by atoms with Gasteiger partial charge >= 0.3 is 0 Å². The minimum atomic E-state index is -0.104. The molecule has 1 atom stereocenters. The molecule has 1 aromatic heterocycles. The highest BCUT2D eigenvalue weighted by atomic mass is 32.2. The van der Waals surface area contributed by atoms with Crippen LogP contribution in [0.25, 0.3) is 0 Å². The van der Waals surface area contributed by atoms with Gasteiger partial charge in [-0.05, 0) is 5.92 Å². The summed E-state index contributed by atoms with van der Waals surface area (Å²) >= 11 is 1.61. The highest BCUT2D eigenvalue weighted by molar-refractivity contribution is 7.99. The Labute approximate surface area is 107 Å². The number of aliphatic hydroxyl groups is 1. The summed E-state index contributed by atoms with van der Waals surface area (Å²) in [5.41, 5.74) is 5.68. The molecule has 1 unspecified atom stereocenters. The fourth-order valence-corrected chi connectivity index (χ4v) is 2.05. The van der Waals surface area contributed by atoms with E-state index in [0.29, 0.717) is 5.82 Å². The minimum Gasteiger partial charge on any atom is -0.396 e. The molecule has 96 valence electrons. The van der Waals surface area contributed by atoms with Crippen LogP contribution in [0, 0.1) is 5.92 Å².